The standard InChI is InChI=1S/C15H15N3O2/c16-14-6-2-4-12-7-8-17(15(12)14)10-11-3-1-5-13(9-11)18(19)20/h1-6,9H,7-8,10,16H2. The number of anilines is 2. The summed E-state index contributed by atoms with van der Waals surface area (Å²) < 4.78 is 0. The second-order valence-electron chi connectivity index (χ2n) is 4.95. The lowest BCUT2D eigenvalue weighted by atomic mass is 10.1. The van der Waals surface area contributed by atoms with E-state index in [2.05, 4.69) is 11.0 Å². The van der Waals surface area contributed by atoms with E-state index in [9.17, 15) is 10.1 Å². The van der Waals surface area contributed by atoms with Crippen LogP contribution in [0.25, 0.3) is 0 Å². The molecule has 0 saturated heterocycles. The van der Waals surface area contributed by atoms with E-state index >= 15 is 0 Å². The van der Waals surface area contributed by atoms with Crippen LogP contribution < -0.4 is 10.6 Å². The summed E-state index contributed by atoms with van der Waals surface area (Å²) in [6.45, 7) is 1.54. The van der Waals surface area contributed by atoms with Crippen molar-refractivity contribution >= 4 is 17.1 Å². The molecule has 5 heteroatoms. The Hall–Kier alpha value is -2.56. The van der Waals surface area contributed by atoms with Crippen LogP contribution in [0.15, 0.2) is 42.5 Å². The number of hydrogen-bond donors (Lipinski definition) is 1. The van der Waals surface area contributed by atoms with Gasteiger partial charge in [-0.1, -0.05) is 24.3 Å². The Morgan fingerprint density at radius 1 is 1.25 bits per heavy atom. The van der Waals surface area contributed by atoms with Gasteiger partial charge < -0.3 is 10.6 Å². The number of hydrogen-bond acceptors (Lipinski definition) is 4. The zero-order valence-electron chi connectivity index (χ0n) is 11.0. The molecule has 1 aliphatic heterocycles. The molecule has 2 aromatic rings. The molecule has 0 atom stereocenters. The molecule has 0 radical (unpaired) electrons. The third-order valence-electron chi connectivity index (χ3n) is 3.61. The third kappa shape index (κ3) is 2.18. The van der Waals surface area contributed by atoms with Crippen molar-refractivity contribution in [2.24, 2.45) is 0 Å². The number of nitro benzene ring substituents is 1. The van der Waals surface area contributed by atoms with Crippen molar-refractivity contribution in [3.05, 3.63) is 63.7 Å². The first-order valence-electron chi connectivity index (χ1n) is 6.51. The Bertz CT molecular complexity index is 670. The summed E-state index contributed by atoms with van der Waals surface area (Å²) in [5.41, 5.74) is 10.2. The maximum Gasteiger partial charge on any atom is 0.269 e. The van der Waals surface area contributed by atoms with Crippen LogP contribution in [-0.2, 0) is 13.0 Å². The van der Waals surface area contributed by atoms with Crippen molar-refractivity contribution in [1.82, 2.24) is 0 Å². The maximum absolute atomic E-state index is 10.8. The summed E-state index contributed by atoms with van der Waals surface area (Å²) in [6, 6.07) is 12.7. The van der Waals surface area contributed by atoms with Crippen LogP contribution in [-0.4, -0.2) is 11.5 Å². The van der Waals surface area contributed by atoms with E-state index in [0.717, 1.165) is 29.9 Å². The van der Waals surface area contributed by atoms with Crippen LogP contribution in [0.3, 0.4) is 0 Å². The Labute approximate surface area is 116 Å². The lowest BCUT2D eigenvalue weighted by Crippen LogP contribution is -2.20. The number of non-ortho nitro benzene ring substituents is 1. The Morgan fingerprint density at radius 2 is 2.05 bits per heavy atom. The Balaban J connectivity index is 1.88. The summed E-state index contributed by atoms with van der Waals surface area (Å²) in [5, 5.41) is 10.8. The molecule has 0 fully saturated rings. The van der Waals surface area contributed by atoms with Crippen molar-refractivity contribution in [3.8, 4) is 0 Å². The molecule has 0 saturated carbocycles. The normalized spacial score (nSPS) is 13.3. The molecule has 0 aromatic heterocycles. The SMILES string of the molecule is Nc1cccc2c1N(Cc1cccc([N+](=O)[O-])c1)CC2. The molecule has 20 heavy (non-hydrogen) atoms. The second-order valence-corrected chi connectivity index (χ2v) is 4.95. The molecule has 2 N–H and O–H groups in total. The first-order valence-corrected chi connectivity index (χ1v) is 6.51. The van der Waals surface area contributed by atoms with Crippen LogP contribution in [0, 0.1) is 10.1 Å². The van der Waals surface area contributed by atoms with Gasteiger partial charge in [0.25, 0.3) is 5.69 Å². The van der Waals surface area contributed by atoms with Gasteiger partial charge >= 0.3 is 0 Å². The van der Waals surface area contributed by atoms with Crippen molar-refractivity contribution in [2.45, 2.75) is 13.0 Å². The topological polar surface area (TPSA) is 72.4 Å². The molecule has 0 bridgehead atoms. The van der Waals surface area contributed by atoms with Crippen molar-refractivity contribution in [2.75, 3.05) is 17.2 Å². The minimum atomic E-state index is -0.365. The monoisotopic (exact) mass is 269 g/mol. The summed E-state index contributed by atoms with van der Waals surface area (Å²) in [5.74, 6) is 0. The Morgan fingerprint density at radius 3 is 2.85 bits per heavy atom. The van der Waals surface area contributed by atoms with Crippen LogP contribution in [0.2, 0.25) is 0 Å². The first kappa shape index (κ1) is 12.5. The zero-order valence-corrected chi connectivity index (χ0v) is 11.0. The van der Waals surface area contributed by atoms with Crippen molar-refractivity contribution in [3.63, 3.8) is 0 Å². The fourth-order valence-corrected chi connectivity index (χ4v) is 2.71. The van der Waals surface area contributed by atoms with Gasteiger partial charge in [-0.15, -0.1) is 0 Å². The van der Waals surface area contributed by atoms with Crippen LogP contribution >= 0.6 is 0 Å². The maximum atomic E-state index is 10.8. The average Bonchev–Trinajstić information content (AvgIpc) is 2.84. The van der Waals surface area contributed by atoms with Gasteiger partial charge in [0.05, 0.1) is 16.3 Å². The number of nitrogens with two attached hydrogens (primary N) is 1. The number of nitrogen functional groups attached to an aromatic ring is 1. The molecular weight excluding hydrogens is 254 g/mol. The first-order chi connectivity index (χ1) is 9.65. The summed E-state index contributed by atoms with van der Waals surface area (Å²) in [7, 11) is 0. The van der Waals surface area contributed by atoms with Gasteiger partial charge in [0, 0.05) is 25.2 Å². The lowest BCUT2D eigenvalue weighted by molar-refractivity contribution is -0.384. The molecule has 1 heterocycles. The highest BCUT2D eigenvalue weighted by molar-refractivity contribution is 5.74. The van der Waals surface area contributed by atoms with E-state index in [-0.39, 0.29) is 10.6 Å². The van der Waals surface area contributed by atoms with Crippen LogP contribution in [0.1, 0.15) is 11.1 Å². The second kappa shape index (κ2) is 4.85. The minimum Gasteiger partial charge on any atom is -0.397 e. The number of benzene rings is 2. The average molecular weight is 269 g/mol. The quantitative estimate of drug-likeness (QED) is 0.528. The van der Waals surface area contributed by atoms with Crippen molar-refractivity contribution < 1.29 is 4.92 Å². The highest BCUT2D eigenvalue weighted by atomic mass is 16.6. The molecule has 102 valence electrons. The van der Waals surface area contributed by atoms with Crippen molar-refractivity contribution in [1.29, 1.82) is 0 Å². The van der Waals surface area contributed by atoms with E-state index in [4.69, 9.17) is 5.73 Å². The van der Waals surface area contributed by atoms with Gasteiger partial charge in [0.1, 0.15) is 0 Å². The molecule has 1 aliphatic rings. The van der Waals surface area contributed by atoms with E-state index in [0.29, 0.717) is 6.54 Å². The summed E-state index contributed by atoms with van der Waals surface area (Å²) in [4.78, 5) is 12.6. The molecule has 0 aliphatic carbocycles. The fourth-order valence-electron chi connectivity index (χ4n) is 2.71. The lowest BCUT2D eigenvalue weighted by Gasteiger charge is -2.20. The number of para-hydroxylation sites is 1. The van der Waals surface area contributed by atoms with E-state index in [1.165, 1.54) is 11.6 Å². The van der Waals surface area contributed by atoms with Crippen LogP contribution in [0.5, 0.6) is 0 Å². The molecule has 5 nitrogen and oxygen atoms in total. The summed E-state index contributed by atoms with van der Waals surface area (Å²) >= 11 is 0. The zero-order chi connectivity index (χ0) is 14.1. The minimum absolute atomic E-state index is 0.128. The smallest absolute Gasteiger partial charge is 0.269 e. The number of rotatable bonds is 3. The molecule has 0 unspecified atom stereocenters. The van der Waals surface area contributed by atoms with Gasteiger partial charge in [-0.3, -0.25) is 10.1 Å². The number of fused-ring (bicyclic) bond motifs is 1. The van der Waals surface area contributed by atoms with E-state index in [1.807, 2.05) is 18.2 Å². The highest BCUT2D eigenvalue weighted by Gasteiger charge is 2.21. The molecule has 0 amide bonds. The predicted octanol–water partition coefficient (Wildman–Crippen LogP) is 2.74. The summed E-state index contributed by atoms with van der Waals surface area (Å²) in [6.07, 6.45) is 0.968. The third-order valence-corrected chi connectivity index (χ3v) is 3.61. The molecule has 0 spiro atoms. The highest BCUT2D eigenvalue weighted by Crippen LogP contribution is 2.34. The predicted molar refractivity (Wildman–Crippen MR) is 78.7 cm³/mol. The van der Waals surface area contributed by atoms with E-state index in [1.54, 1.807) is 12.1 Å². The van der Waals surface area contributed by atoms with Gasteiger partial charge in [0.15, 0.2) is 0 Å². The molecular formula is C15H15N3O2. The number of nitrogens with zero attached hydrogens (tertiary/aromatic N) is 2. The fraction of sp³-hybridized carbons (Fsp3) is 0.200. The largest absolute Gasteiger partial charge is 0.397 e. The van der Waals surface area contributed by atoms with Gasteiger partial charge in [-0.2, -0.15) is 0 Å². The molecule has 2 aromatic carbocycles. The van der Waals surface area contributed by atoms with Gasteiger partial charge in [0.2, 0.25) is 0 Å². The number of nitro groups is 1. The Kier molecular flexibility index (Phi) is 3.02. The van der Waals surface area contributed by atoms with Crippen LogP contribution in [0.4, 0.5) is 17.1 Å². The van der Waals surface area contributed by atoms with Gasteiger partial charge in [-0.25, -0.2) is 0 Å². The molecule has 3 rings (SSSR count). The van der Waals surface area contributed by atoms with E-state index < -0.39 is 0 Å². The van der Waals surface area contributed by atoms with Gasteiger partial charge in [-0.05, 0) is 23.6 Å².